The van der Waals surface area contributed by atoms with E-state index in [0.717, 1.165) is 5.56 Å². The van der Waals surface area contributed by atoms with Gasteiger partial charge >= 0.3 is 0 Å². The van der Waals surface area contributed by atoms with Gasteiger partial charge in [-0.1, -0.05) is 17.7 Å². The highest BCUT2D eigenvalue weighted by Crippen LogP contribution is 2.31. The third-order valence-corrected chi connectivity index (χ3v) is 6.70. The Labute approximate surface area is 177 Å². The predicted octanol–water partition coefficient (Wildman–Crippen LogP) is 3.43. The average molecular weight is 430 g/mol. The minimum absolute atomic E-state index is 0.280. The second-order valence-electron chi connectivity index (χ2n) is 7.32. The van der Waals surface area contributed by atoms with E-state index in [0.29, 0.717) is 34.0 Å². The maximum Gasteiger partial charge on any atom is 0.242 e. The summed E-state index contributed by atoms with van der Waals surface area (Å²) in [5.74, 6) is 1.67. The standard InChI is InChI=1S/C22H27N3O4S/c1-14-9-15(2)21(16(3)10-14)30(26,27)24-20(22-23-7-8-25(22)4)17-11-18(28-5)13-19(12-17)29-6/h7-13,20,24H,1-6H3. The van der Waals surface area contributed by atoms with Gasteiger partial charge in [-0.2, -0.15) is 4.72 Å². The number of hydrogen-bond donors (Lipinski definition) is 1. The van der Waals surface area contributed by atoms with E-state index in [9.17, 15) is 8.42 Å². The summed E-state index contributed by atoms with van der Waals surface area (Å²) in [5, 5.41) is 0. The first-order valence-electron chi connectivity index (χ1n) is 9.46. The Morgan fingerprint density at radius 2 is 1.53 bits per heavy atom. The van der Waals surface area contributed by atoms with Crippen LogP contribution in [0.1, 0.15) is 34.1 Å². The van der Waals surface area contributed by atoms with Crippen LogP contribution in [0.4, 0.5) is 0 Å². The Balaban J connectivity index is 2.15. The number of aromatic nitrogens is 2. The number of sulfonamides is 1. The van der Waals surface area contributed by atoms with Crippen LogP contribution >= 0.6 is 0 Å². The summed E-state index contributed by atoms with van der Waals surface area (Å²) >= 11 is 0. The van der Waals surface area contributed by atoms with Crippen LogP contribution < -0.4 is 14.2 Å². The van der Waals surface area contributed by atoms with Crippen LogP contribution in [0.3, 0.4) is 0 Å². The molecule has 1 unspecified atom stereocenters. The summed E-state index contributed by atoms with van der Waals surface area (Å²) in [5.41, 5.74) is 3.07. The molecule has 0 fully saturated rings. The largest absolute Gasteiger partial charge is 0.497 e. The van der Waals surface area contributed by atoms with Crippen molar-refractivity contribution in [3.8, 4) is 11.5 Å². The summed E-state index contributed by atoms with van der Waals surface area (Å²) in [7, 11) is 1.08. The van der Waals surface area contributed by atoms with E-state index in [-0.39, 0.29) is 4.90 Å². The van der Waals surface area contributed by atoms with Crippen molar-refractivity contribution < 1.29 is 17.9 Å². The molecule has 0 radical (unpaired) electrons. The zero-order valence-electron chi connectivity index (χ0n) is 18.1. The van der Waals surface area contributed by atoms with Crippen molar-refractivity contribution in [1.82, 2.24) is 14.3 Å². The number of hydrogen-bond acceptors (Lipinski definition) is 5. The molecule has 0 amide bonds. The Kier molecular flexibility index (Phi) is 6.19. The smallest absolute Gasteiger partial charge is 0.242 e. The van der Waals surface area contributed by atoms with Crippen LogP contribution in [0.2, 0.25) is 0 Å². The van der Waals surface area contributed by atoms with Crippen molar-refractivity contribution in [2.75, 3.05) is 14.2 Å². The highest BCUT2D eigenvalue weighted by molar-refractivity contribution is 7.89. The number of benzene rings is 2. The van der Waals surface area contributed by atoms with Gasteiger partial charge in [0.25, 0.3) is 0 Å². The number of rotatable bonds is 7. The molecule has 30 heavy (non-hydrogen) atoms. The fraction of sp³-hybridized carbons (Fsp3) is 0.318. The van der Waals surface area contributed by atoms with Gasteiger partial charge in [0.2, 0.25) is 10.0 Å². The van der Waals surface area contributed by atoms with Crippen LogP contribution in [-0.2, 0) is 17.1 Å². The molecule has 0 saturated carbocycles. The molecule has 2 aromatic carbocycles. The SMILES string of the molecule is COc1cc(OC)cc(C(NS(=O)(=O)c2c(C)cc(C)cc2C)c2nccn2C)c1. The molecule has 3 aromatic rings. The lowest BCUT2D eigenvalue weighted by atomic mass is 10.1. The van der Waals surface area contributed by atoms with E-state index in [4.69, 9.17) is 9.47 Å². The van der Waals surface area contributed by atoms with Gasteiger partial charge in [0, 0.05) is 25.5 Å². The summed E-state index contributed by atoms with van der Waals surface area (Å²) in [4.78, 5) is 4.67. The Hall–Kier alpha value is -2.84. The molecule has 3 rings (SSSR count). The first kappa shape index (κ1) is 21.9. The molecule has 1 heterocycles. The molecule has 8 heteroatoms. The third kappa shape index (κ3) is 4.34. The van der Waals surface area contributed by atoms with Gasteiger partial charge in [0.15, 0.2) is 0 Å². The van der Waals surface area contributed by atoms with Crippen LogP contribution in [0.25, 0.3) is 0 Å². The molecule has 0 saturated heterocycles. The van der Waals surface area contributed by atoms with E-state index in [1.165, 1.54) is 0 Å². The van der Waals surface area contributed by atoms with E-state index in [1.54, 1.807) is 63.2 Å². The number of ether oxygens (including phenoxy) is 2. The summed E-state index contributed by atoms with van der Waals surface area (Å²) in [6.45, 7) is 5.56. The minimum Gasteiger partial charge on any atom is -0.497 e. The fourth-order valence-electron chi connectivity index (χ4n) is 3.73. The normalized spacial score (nSPS) is 12.6. The quantitative estimate of drug-likeness (QED) is 0.622. The van der Waals surface area contributed by atoms with Gasteiger partial charge in [-0.05, 0) is 49.6 Å². The van der Waals surface area contributed by atoms with Gasteiger partial charge in [0.1, 0.15) is 23.4 Å². The number of imidazole rings is 1. The van der Waals surface area contributed by atoms with E-state index in [2.05, 4.69) is 9.71 Å². The van der Waals surface area contributed by atoms with Gasteiger partial charge in [-0.3, -0.25) is 0 Å². The molecule has 0 bridgehead atoms. The third-order valence-electron chi connectivity index (χ3n) is 4.97. The molecular formula is C22H27N3O4S. The van der Waals surface area contributed by atoms with Crippen molar-refractivity contribution in [3.05, 3.63) is 70.8 Å². The van der Waals surface area contributed by atoms with E-state index in [1.807, 2.05) is 26.1 Å². The summed E-state index contributed by atoms with van der Waals surface area (Å²) in [6.07, 6.45) is 3.41. The van der Waals surface area contributed by atoms with Gasteiger partial charge in [-0.15, -0.1) is 0 Å². The van der Waals surface area contributed by atoms with Crippen molar-refractivity contribution in [1.29, 1.82) is 0 Å². The number of methoxy groups -OCH3 is 2. The zero-order valence-corrected chi connectivity index (χ0v) is 18.9. The van der Waals surface area contributed by atoms with Crippen LogP contribution in [-0.4, -0.2) is 32.2 Å². The van der Waals surface area contributed by atoms with Crippen molar-refractivity contribution in [3.63, 3.8) is 0 Å². The zero-order chi connectivity index (χ0) is 22.1. The Morgan fingerprint density at radius 1 is 0.967 bits per heavy atom. The molecule has 0 aliphatic carbocycles. The molecule has 7 nitrogen and oxygen atoms in total. The fourth-order valence-corrected chi connectivity index (χ4v) is 5.36. The number of nitrogens with one attached hydrogen (secondary N) is 1. The first-order chi connectivity index (χ1) is 14.2. The lowest BCUT2D eigenvalue weighted by molar-refractivity contribution is 0.392. The predicted molar refractivity (Wildman–Crippen MR) is 116 cm³/mol. The van der Waals surface area contributed by atoms with E-state index >= 15 is 0 Å². The lowest BCUT2D eigenvalue weighted by Crippen LogP contribution is -2.32. The van der Waals surface area contributed by atoms with Gasteiger partial charge < -0.3 is 14.0 Å². The van der Waals surface area contributed by atoms with Gasteiger partial charge in [0.05, 0.1) is 19.1 Å². The Bertz CT molecular complexity index is 1120. The van der Waals surface area contributed by atoms with Crippen molar-refractivity contribution in [2.45, 2.75) is 31.7 Å². The number of nitrogens with zero attached hydrogens (tertiary/aromatic N) is 2. The van der Waals surface area contributed by atoms with Crippen LogP contribution in [0.5, 0.6) is 11.5 Å². The van der Waals surface area contributed by atoms with Crippen LogP contribution in [0.15, 0.2) is 47.6 Å². The molecule has 1 aromatic heterocycles. The molecule has 0 spiro atoms. The number of aryl methyl sites for hydroxylation is 4. The first-order valence-corrected chi connectivity index (χ1v) is 10.9. The Morgan fingerprint density at radius 3 is 2.00 bits per heavy atom. The second-order valence-corrected chi connectivity index (χ2v) is 8.98. The highest BCUT2D eigenvalue weighted by Gasteiger charge is 2.28. The van der Waals surface area contributed by atoms with E-state index < -0.39 is 16.1 Å². The molecule has 1 atom stereocenters. The van der Waals surface area contributed by atoms with Crippen molar-refractivity contribution in [2.24, 2.45) is 7.05 Å². The topological polar surface area (TPSA) is 82.4 Å². The maximum atomic E-state index is 13.5. The maximum absolute atomic E-state index is 13.5. The second kappa shape index (κ2) is 8.49. The molecule has 0 aliphatic heterocycles. The van der Waals surface area contributed by atoms with Crippen LogP contribution in [0, 0.1) is 20.8 Å². The minimum atomic E-state index is -3.85. The molecule has 160 valence electrons. The molecular weight excluding hydrogens is 402 g/mol. The highest BCUT2D eigenvalue weighted by atomic mass is 32.2. The summed E-state index contributed by atoms with van der Waals surface area (Å²) < 4.78 is 42.3. The lowest BCUT2D eigenvalue weighted by Gasteiger charge is -2.22. The van der Waals surface area contributed by atoms with Crippen molar-refractivity contribution >= 4 is 10.0 Å². The summed E-state index contributed by atoms with van der Waals surface area (Å²) in [6, 6.07) is 8.29. The molecule has 1 N–H and O–H groups in total. The van der Waals surface area contributed by atoms with Gasteiger partial charge in [-0.25, -0.2) is 13.4 Å². The molecule has 0 aliphatic rings. The monoisotopic (exact) mass is 429 g/mol. The average Bonchev–Trinajstić information content (AvgIpc) is 3.10.